The molecule has 64 valence electrons. The summed E-state index contributed by atoms with van der Waals surface area (Å²) in [5.41, 5.74) is 2.21. The van der Waals surface area contributed by atoms with E-state index >= 15 is 0 Å². The number of benzene rings is 1. The Morgan fingerprint density at radius 1 is 1.50 bits per heavy atom. The van der Waals surface area contributed by atoms with Crippen LogP contribution in [0.2, 0.25) is 0 Å². The van der Waals surface area contributed by atoms with E-state index in [2.05, 4.69) is 0 Å². The molecule has 1 N–H and O–H groups in total. The first-order valence-corrected chi connectivity index (χ1v) is 4.17. The van der Waals surface area contributed by atoms with Crippen LogP contribution in [0.4, 0.5) is 0 Å². The number of ether oxygens (including phenoxy) is 1. The summed E-state index contributed by atoms with van der Waals surface area (Å²) in [4.78, 5) is 0. The van der Waals surface area contributed by atoms with Crippen LogP contribution in [0.1, 0.15) is 23.7 Å². The molecule has 0 radical (unpaired) electrons. The van der Waals surface area contributed by atoms with Gasteiger partial charge < -0.3 is 9.84 Å². The standard InChI is InChI=1S/C10H12O2/c1-12-10-4-2-3-7-8(10)5-6-9(7)11/h2-4,9,11H,5-6H2,1H3. The highest BCUT2D eigenvalue weighted by Gasteiger charge is 2.22. The van der Waals surface area contributed by atoms with Gasteiger partial charge in [-0.05, 0) is 30.0 Å². The second-order valence-electron chi connectivity index (χ2n) is 3.08. The van der Waals surface area contributed by atoms with Gasteiger partial charge in [0.1, 0.15) is 5.75 Å². The van der Waals surface area contributed by atoms with Crippen molar-refractivity contribution in [1.82, 2.24) is 0 Å². The predicted octanol–water partition coefficient (Wildman–Crippen LogP) is 1.67. The maximum Gasteiger partial charge on any atom is 0.122 e. The zero-order valence-corrected chi connectivity index (χ0v) is 7.08. The molecule has 0 aromatic heterocycles. The lowest BCUT2D eigenvalue weighted by Gasteiger charge is -2.07. The van der Waals surface area contributed by atoms with Crippen LogP contribution in [0, 0.1) is 0 Å². The van der Waals surface area contributed by atoms with Gasteiger partial charge in [0.25, 0.3) is 0 Å². The Morgan fingerprint density at radius 2 is 2.33 bits per heavy atom. The van der Waals surface area contributed by atoms with E-state index < -0.39 is 0 Å². The smallest absolute Gasteiger partial charge is 0.122 e. The van der Waals surface area contributed by atoms with Crippen molar-refractivity contribution in [1.29, 1.82) is 0 Å². The Balaban J connectivity index is 2.50. The second-order valence-corrected chi connectivity index (χ2v) is 3.08. The Labute approximate surface area is 71.8 Å². The highest BCUT2D eigenvalue weighted by atomic mass is 16.5. The number of hydrogen-bond acceptors (Lipinski definition) is 2. The van der Waals surface area contributed by atoms with Gasteiger partial charge in [-0.1, -0.05) is 12.1 Å². The first kappa shape index (κ1) is 7.62. The molecule has 0 aliphatic heterocycles. The van der Waals surface area contributed by atoms with Crippen LogP contribution in [-0.4, -0.2) is 12.2 Å². The minimum absolute atomic E-state index is 0.282. The molecule has 2 nitrogen and oxygen atoms in total. The molecular weight excluding hydrogens is 152 g/mol. The molecule has 1 aliphatic carbocycles. The molecule has 1 aromatic rings. The first-order chi connectivity index (χ1) is 5.83. The summed E-state index contributed by atoms with van der Waals surface area (Å²) in [6.45, 7) is 0. The fourth-order valence-corrected chi connectivity index (χ4v) is 1.79. The maximum atomic E-state index is 9.55. The van der Waals surface area contributed by atoms with Crippen LogP contribution in [0.5, 0.6) is 5.75 Å². The molecule has 1 atom stereocenters. The molecule has 0 amide bonds. The summed E-state index contributed by atoms with van der Waals surface area (Å²) in [7, 11) is 1.67. The molecule has 1 unspecified atom stereocenters. The normalized spacial score (nSPS) is 20.7. The van der Waals surface area contributed by atoms with Crippen molar-refractivity contribution >= 4 is 0 Å². The third kappa shape index (κ3) is 0.994. The Kier molecular flexibility index (Phi) is 1.77. The Morgan fingerprint density at radius 3 is 3.08 bits per heavy atom. The Hall–Kier alpha value is -1.02. The van der Waals surface area contributed by atoms with Gasteiger partial charge in [-0.25, -0.2) is 0 Å². The minimum Gasteiger partial charge on any atom is -0.496 e. The summed E-state index contributed by atoms with van der Waals surface area (Å²) < 4.78 is 5.19. The summed E-state index contributed by atoms with van der Waals surface area (Å²) in [5, 5.41) is 9.55. The van der Waals surface area contributed by atoms with Gasteiger partial charge in [0.2, 0.25) is 0 Å². The van der Waals surface area contributed by atoms with Gasteiger partial charge in [-0.3, -0.25) is 0 Å². The van der Waals surface area contributed by atoms with Crippen molar-refractivity contribution in [3.05, 3.63) is 29.3 Å². The molecule has 0 heterocycles. The van der Waals surface area contributed by atoms with Crippen molar-refractivity contribution in [3.63, 3.8) is 0 Å². The van der Waals surface area contributed by atoms with Gasteiger partial charge in [-0.15, -0.1) is 0 Å². The molecule has 12 heavy (non-hydrogen) atoms. The average molecular weight is 164 g/mol. The molecule has 2 rings (SSSR count). The van der Waals surface area contributed by atoms with Gasteiger partial charge in [0, 0.05) is 0 Å². The number of hydrogen-bond donors (Lipinski definition) is 1. The monoisotopic (exact) mass is 164 g/mol. The molecule has 0 bridgehead atoms. The van der Waals surface area contributed by atoms with Crippen molar-refractivity contribution in [2.75, 3.05) is 7.11 Å². The highest BCUT2D eigenvalue weighted by molar-refractivity contribution is 5.44. The molecule has 0 saturated heterocycles. The second kappa shape index (κ2) is 2.79. The molecular formula is C10H12O2. The average Bonchev–Trinajstić information content (AvgIpc) is 2.48. The lowest BCUT2D eigenvalue weighted by Crippen LogP contribution is -1.92. The Bertz CT molecular complexity index is 294. The SMILES string of the molecule is COc1cccc2c1CCC2O. The zero-order chi connectivity index (χ0) is 8.55. The van der Waals surface area contributed by atoms with E-state index in [1.54, 1.807) is 7.11 Å². The largest absolute Gasteiger partial charge is 0.496 e. The van der Waals surface area contributed by atoms with E-state index in [1.165, 1.54) is 5.56 Å². The fraction of sp³-hybridized carbons (Fsp3) is 0.400. The van der Waals surface area contributed by atoms with Crippen molar-refractivity contribution in [3.8, 4) is 5.75 Å². The molecule has 0 fully saturated rings. The molecule has 0 saturated carbocycles. The highest BCUT2D eigenvalue weighted by Crippen LogP contribution is 2.36. The summed E-state index contributed by atoms with van der Waals surface area (Å²) in [6.07, 6.45) is 1.48. The number of aliphatic hydroxyl groups excluding tert-OH is 1. The fourth-order valence-electron chi connectivity index (χ4n) is 1.79. The van der Waals surface area contributed by atoms with Crippen LogP contribution in [0.15, 0.2) is 18.2 Å². The minimum atomic E-state index is -0.282. The summed E-state index contributed by atoms with van der Waals surface area (Å²) >= 11 is 0. The zero-order valence-electron chi connectivity index (χ0n) is 7.08. The lowest BCUT2D eigenvalue weighted by atomic mass is 10.1. The molecule has 0 spiro atoms. The number of rotatable bonds is 1. The van der Waals surface area contributed by atoms with Crippen molar-refractivity contribution < 1.29 is 9.84 Å². The van der Waals surface area contributed by atoms with E-state index in [1.807, 2.05) is 18.2 Å². The van der Waals surface area contributed by atoms with E-state index in [-0.39, 0.29) is 6.10 Å². The number of fused-ring (bicyclic) bond motifs is 1. The van der Waals surface area contributed by atoms with Crippen LogP contribution >= 0.6 is 0 Å². The molecule has 1 aliphatic rings. The van der Waals surface area contributed by atoms with E-state index in [4.69, 9.17) is 4.74 Å². The van der Waals surface area contributed by atoms with E-state index in [0.29, 0.717) is 0 Å². The van der Waals surface area contributed by atoms with Gasteiger partial charge in [0.15, 0.2) is 0 Å². The quantitative estimate of drug-likeness (QED) is 0.684. The molecule has 1 aromatic carbocycles. The number of methoxy groups -OCH3 is 1. The molecule has 2 heteroatoms. The summed E-state index contributed by atoms with van der Waals surface area (Å²) in [6, 6.07) is 5.83. The van der Waals surface area contributed by atoms with E-state index in [0.717, 1.165) is 24.2 Å². The number of aliphatic hydroxyl groups is 1. The maximum absolute atomic E-state index is 9.55. The van der Waals surface area contributed by atoms with Crippen molar-refractivity contribution in [2.24, 2.45) is 0 Å². The van der Waals surface area contributed by atoms with Crippen LogP contribution in [0.3, 0.4) is 0 Å². The van der Waals surface area contributed by atoms with Crippen LogP contribution in [-0.2, 0) is 6.42 Å². The predicted molar refractivity (Wildman–Crippen MR) is 46.3 cm³/mol. The van der Waals surface area contributed by atoms with Gasteiger partial charge in [0.05, 0.1) is 13.2 Å². The van der Waals surface area contributed by atoms with Gasteiger partial charge >= 0.3 is 0 Å². The first-order valence-electron chi connectivity index (χ1n) is 4.17. The topological polar surface area (TPSA) is 29.5 Å². The summed E-state index contributed by atoms with van der Waals surface area (Å²) in [5.74, 6) is 0.907. The third-order valence-electron chi connectivity index (χ3n) is 2.42. The van der Waals surface area contributed by atoms with Crippen LogP contribution < -0.4 is 4.74 Å². The van der Waals surface area contributed by atoms with Crippen molar-refractivity contribution in [2.45, 2.75) is 18.9 Å². The van der Waals surface area contributed by atoms with E-state index in [9.17, 15) is 5.11 Å². The van der Waals surface area contributed by atoms with Gasteiger partial charge in [-0.2, -0.15) is 0 Å². The lowest BCUT2D eigenvalue weighted by molar-refractivity contribution is 0.180. The van der Waals surface area contributed by atoms with Crippen LogP contribution in [0.25, 0.3) is 0 Å². The third-order valence-corrected chi connectivity index (χ3v) is 2.42.